The zero-order chi connectivity index (χ0) is 18.3. The van der Waals surface area contributed by atoms with Crippen LogP contribution in [-0.2, 0) is 21.5 Å². The van der Waals surface area contributed by atoms with Crippen molar-refractivity contribution in [1.29, 1.82) is 0 Å². The number of hydrogen-bond donors (Lipinski definition) is 2. The molecule has 0 radical (unpaired) electrons. The topological polar surface area (TPSA) is 54.1 Å². The lowest BCUT2D eigenvalue weighted by molar-refractivity contribution is -0.150. The van der Waals surface area contributed by atoms with Gasteiger partial charge in [-0.05, 0) is 38.0 Å². The molecule has 4 heteroatoms. The summed E-state index contributed by atoms with van der Waals surface area (Å²) in [6.07, 6.45) is 0.490. The summed E-state index contributed by atoms with van der Waals surface area (Å²) in [7, 11) is 0. The second-order valence-corrected chi connectivity index (χ2v) is 7.40. The van der Waals surface area contributed by atoms with Gasteiger partial charge in [-0.1, -0.05) is 48.5 Å². The Morgan fingerprint density at radius 2 is 1.81 bits per heavy atom. The average Bonchev–Trinajstić information content (AvgIpc) is 3.02. The molecule has 26 heavy (non-hydrogen) atoms. The van der Waals surface area contributed by atoms with E-state index in [0.717, 1.165) is 16.8 Å². The predicted molar refractivity (Wildman–Crippen MR) is 103 cm³/mol. The molecule has 3 aromatic rings. The van der Waals surface area contributed by atoms with Crippen molar-refractivity contribution in [2.75, 3.05) is 0 Å². The summed E-state index contributed by atoms with van der Waals surface area (Å²) < 4.78 is 5.51. The van der Waals surface area contributed by atoms with Crippen LogP contribution >= 0.6 is 0 Å². The number of hydrogen-bond acceptors (Lipinski definition) is 3. The van der Waals surface area contributed by atoms with E-state index in [1.165, 1.54) is 10.9 Å². The van der Waals surface area contributed by atoms with Gasteiger partial charge in [0.15, 0.2) is 0 Å². The molecular formula is C22H24N2O2. The van der Waals surface area contributed by atoms with Gasteiger partial charge >= 0.3 is 5.97 Å². The molecule has 1 aliphatic rings. The van der Waals surface area contributed by atoms with Crippen LogP contribution in [0.2, 0.25) is 0 Å². The Hall–Kier alpha value is -2.59. The number of rotatable bonds is 3. The van der Waals surface area contributed by atoms with Gasteiger partial charge < -0.3 is 9.72 Å². The first kappa shape index (κ1) is 16.9. The number of H-pyrrole nitrogens is 1. The number of para-hydroxylation sites is 1. The van der Waals surface area contributed by atoms with Crippen molar-refractivity contribution in [3.05, 3.63) is 71.4 Å². The van der Waals surface area contributed by atoms with Crippen molar-refractivity contribution < 1.29 is 9.53 Å². The first-order valence-corrected chi connectivity index (χ1v) is 9.13. The molecule has 0 saturated heterocycles. The van der Waals surface area contributed by atoms with Crippen LogP contribution in [0, 0.1) is 0 Å². The third kappa shape index (κ3) is 2.71. The Kier molecular flexibility index (Phi) is 4.08. The number of esters is 1. The molecule has 2 N–H and O–H groups in total. The van der Waals surface area contributed by atoms with Crippen LogP contribution in [0.4, 0.5) is 0 Å². The molecule has 4 nitrogen and oxygen atoms in total. The lowest BCUT2D eigenvalue weighted by atomic mass is 9.80. The smallest absolute Gasteiger partial charge is 0.323 e. The fraction of sp³-hybridized carbons (Fsp3) is 0.318. The highest BCUT2D eigenvalue weighted by atomic mass is 16.5. The van der Waals surface area contributed by atoms with Crippen LogP contribution in [-0.4, -0.2) is 23.1 Å². The maximum atomic E-state index is 12.7. The van der Waals surface area contributed by atoms with E-state index in [4.69, 9.17) is 4.74 Å². The van der Waals surface area contributed by atoms with E-state index in [9.17, 15) is 4.79 Å². The second kappa shape index (κ2) is 6.29. The highest BCUT2D eigenvalue weighted by Gasteiger charge is 2.42. The van der Waals surface area contributed by atoms with Gasteiger partial charge in [-0.25, -0.2) is 0 Å². The molecule has 0 saturated carbocycles. The van der Waals surface area contributed by atoms with Gasteiger partial charge in [-0.15, -0.1) is 0 Å². The van der Waals surface area contributed by atoms with Crippen LogP contribution < -0.4 is 5.32 Å². The predicted octanol–water partition coefficient (Wildman–Crippen LogP) is 3.90. The molecule has 0 spiro atoms. The van der Waals surface area contributed by atoms with E-state index in [1.807, 2.05) is 44.2 Å². The fourth-order valence-electron chi connectivity index (χ4n) is 3.97. The Labute approximate surface area is 153 Å². The monoisotopic (exact) mass is 348 g/mol. The second-order valence-electron chi connectivity index (χ2n) is 7.40. The summed E-state index contributed by atoms with van der Waals surface area (Å²) in [5.41, 5.74) is 4.04. The van der Waals surface area contributed by atoms with Gasteiger partial charge in [0.1, 0.15) is 6.04 Å². The molecular weight excluding hydrogens is 324 g/mol. The van der Waals surface area contributed by atoms with Crippen molar-refractivity contribution in [1.82, 2.24) is 10.3 Å². The Morgan fingerprint density at radius 3 is 2.54 bits per heavy atom. The van der Waals surface area contributed by atoms with Crippen LogP contribution in [0.1, 0.15) is 37.6 Å². The molecule has 0 amide bonds. The van der Waals surface area contributed by atoms with E-state index in [1.54, 1.807) is 0 Å². The molecule has 2 atom stereocenters. The molecule has 1 aromatic heterocycles. The molecule has 2 heterocycles. The maximum absolute atomic E-state index is 12.7. The molecule has 1 aliphatic heterocycles. The molecule has 4 rings (SSSR count). The first-order valence-electron chi connectivity index (χ1n) is 9.13. The number of aromatic nitrogens is 1. The van der Waals surface area contributed by atoms with Gasteiger partial charge in [0.2, 0.25) is 0 Å². The van der Waals surface area contributed by atoms with Crippen molar-refractivity contribution in [2.45, 2.75) is 44.9 Å². The minimum atomic E-state index is -0.492. The lowest BCUT2D eigenvalue weighted by Crippen LogP contribution is -2.55. The highest BCUT2D eigenvalue weighted by molar-refractivity contribution is 5.87. The highest BCUT2D eigenvalue weighted by Crippen LogP contribution is 2.39. The summed E-state index contributed by atoms with van der Waals surface area (Å²) in [4.78, 5) is 16.3. The first-order chi connectivity index (χ1) is 12.5. The summed E-state index contributed by atoms with van der Waals surface area (Å²) in [5.74, 6) is -0.196. The van der Waals surface area contributed by atoms with Crippen LogP contribution in [0.25, 0.3) is 10.9 Å². The number of nitrogens with one attached hydrogen (secondary N) is 2. The fourth-order valence-corrected chi connectivity index (χ4v) is 3.97. The zero-order valence-electron chi connectivity index (χ0n) is 15.4. The Bertz CT molecular complexity index is 945. The average molecular weight is 348 g/mol. The summed E-state index contributed by atoms with van der Waals surface area (Å²) >= 11 is 0. The minimum Gasteiger partial charge on any atom is -0.462 e. The number of carbonyl (C=O) groups excluding carboxylic acids is 1. The van der Waals surface area contributed by atoms with Crippen LogP contribution in [0.5, 0.6) is 0 Å². The van der Waals surface area contributed by atoms with Gasteiger partial charge in [0, 0.05) is 23.0 Å². The third-order valence-electron chi connectivity index (χ3n) is 5.17. The molecule has 0 unspecified atom stereocenters. The van der Waals surface area contributed by atoms with Crippen molar-refractivity contribution >= 4 is 16.9 Å². The maximum Gasteiger partial charge on any atom is 0.323 e. The van der Waals surface area contributed by atoms with E-state index in [2.05, 4.69) is 41.5 Å². The van der Waals surface area contributed by atoms with E-state index < -0.39 is 5.54 Å². The van der Waals surface area contributed by atoms with Crippen molar-refractivity contribution in [3.63, 3.8) is 0 Å². The van der Waals surface area contributed by atoms with Gasteiger partial charge in [-0.3, -0.25) is 10.1 Å². The zero-order valence-corrected chi connectivity index (χ0v) is 15.4. The number of carbonyl (C=O) groups is 1. The number of ether oxygens (including phenoxy) is 1. The SMILES string of the molecule is CC(C)OC(=O)[C@@H]1Cc2c([nH]c3ccccc23)[C@@](C)(c2ccccc2)N1. The van der Waals surface area contributed by atoms with Crippen LogP contribution in [0.3, 0.4) is 0 Å². The number of aromatic amines is 1. The molecule has 0 aliphatic carbocycles. The van der Waals surface area contributed by atoms with Crippen LogP contribution in [0.15, 0.2) is 54.6 Å². The van der Waals surface area contributed by atoms with E-state index in [-0.39, 0.29) is 18.1 Å². The summed E-state index contributed by atoms with van der Waals surface area (Å²) in [6.45, 7) is 5.90. The van der Waals surface area contributed by atoms with Gasteiger partial charge in [0.25, 0.3) is 0 Å². The van der Waals surface area contributed by atoms with Gasteiger partial charge in [0.05, 0.1) is 11.6 Å². The summed E-state index contributed by atoms with van der Waals surface area (Å²) in [5, 5.41) is 4.74. The summed E-state index contributed by atoms with van der Waals surface area (Å²) in [6, 6.07) is 18.1. The minimum absolute atomic E-state index is 0.128. The molecule has 2 aromatic carbocycles. The molecule has 134 valence electrons. The molecule has 0 fully saturated rings. The van der Waals surface area contributed by atoms with Crippen molar-refractivity contribution in [3.8, 4) is 0 Å². The van der Waals surface area contributed by atoms with E-state index >= 15 is 0 Å². The van der Waals surface area contributed by atoms with E-state index in [0.29, 0.717) is 6.42 Å². The number of benzene rings is 2. The number of fused-ring (bicyclic) bond motifs is 3. The largest absolute Gasteiger partial charge is 0.462 e. The molecule has 0 bridgehead atoms. The van der Waals surface area contributed by atoms with Gasteiger partial charge in [-0.2, -0.15) is 0 Å². The lowest BCUT2D eigenvalue weighted by Gasteiger charge is -2.39. The Balaban J connectivity index is 1.87. The van der Waals surface area contributed by atoms with Crippen molar-refractivity contribution in [2.24, 2.45) is 0 Å². The Morgan fingerprint density at radius 1 is 1.12 bits per heavy atom. The standard InChI is InChI=1S/C22H24N2O2/c1-14(2)26-21(25)19-13-17-16-11-7-8-12-18(16)23-20(17)22(3,24-19)15-9-5-4-6-10-15/h4-12,14,19,23-24H,13H2,1-3H3/t19-,22+/m0/s1. The third-order valence-corrected chi connectivity index (χ3v) is 5.17. The normalized spacial score (nSPS) is 22.4. The quantitative estimate of drug-likeness (QED) is 0.706.